The minimum atomic E-state index is -0.457. The lowest BCUT2D eigenvalue weighted by Crippen LogP contribution is -2.27. The molecule has 0 aliphatic carbocycles. The summed E-state index contributed by atoms with van der Waals surface area (Å²) >= 11 is 0. The van der Waals surface area contributed by atoms with Crippen LogP contribution in [0.4, 0.5) is 11.4 Å². The highest BCUT2D eigenvalue weighted by Gasteiger charge is 2.11. The number of hydrogen-bond donors (Lipinski definition) is 2. The van der Waals surface area contributed by atoms with Gasteiger partial charge in [-0.1, -0.05) is 18.1 Å². The molecule has 116 valence electrons. The average molecular weight is 310 g/mol. The number of benzene rings is 1. The molecule has 0 aliphatic heterocycles. The first-order chi connectivity index (χ1) is 11.2. The molecule has 7 nitrogen and oxygen atoms in total. The number of nitrogens with zero attached hydrogens (tertiary/aromatic N) is 2. The van der Waals surface area contributed by atoms with Crippen molar-refractivity contribution in [3.8, 4) is 11.8 Å². The summed E-state index contributed by atoms with van der Waals surface area (Å²) in [5.74, 6) is 4.77. The number of carbonyl (C=O) groups is 1. The van der Waals surface area contributed by atoms with E-state index in [-0.39, 0.29) is 5.69 Å². The molecule has 0 aliphatic rings. The van der Waals surface area contributed by atoms with Crippen LogP contribution in [0.2, 0.25) is 0 Å². The highest BCUT2D eigenvalue weighted by molar-refractivity contribution is 5.94. The van der Waals surface area contributed by atoms with E-state index in [1.54, 1.807) is 42.7 Å². The van der Waals surface area contributed by atoms with E-state index in [4.69, 9.17) is 0 Å². The third-order valence-corrected chi connectivity index (χ3v) is 2.83. The van der Waals surface area contributed by atoms with Gasteiger partial charge in [0, 0.05) is 43.0 Å². The smallest absolute Gasteiger partial charge is 0.296 e. The fourth-order valence-corrected chi connectivity index (χ4v) is 1.76. The van der Waals surface area contributed by atoms with Crippen LogP contribution in [0.1, 0.15) is 5.56 Å². The van der Waals surface area contributed by atoms with Gasteiger partial charge in [0.1, 0.15) is 5.69 Å². The van der Waals surface area contributed by atoms with Crippen molar-refractivity contribution >= 4 is 17.3 Å². The summed E-state index contributed by atoms with van der Waals surface area (Å²) in [5.41, 5.74) is 1.11. The van der Waals surface area contributed by atoms with E-state index >= 15 is 0 Å². The van der Waals surface area contributed by atoms with Crippen molar-refractivity contribution in [2.45, 2.75) is 0 Å². The third kappa shape index (κ3) is 5.13. The number of pyridine rings is 1. The fraction of sp³-hybridized carbons (Fsp3) is 0.125. The zero-order chi connectivity index (χ0) is 16.5. The molecule has 0 unspecified atom stereocenters. The van der Waals surface area contributed by atoms with Gasteiger partial charge in [-0.05, 0) is 18.2 Å². The van der Waals surface area contributed by atoms with Crippen molar-refractivity contribution in [1.82, 2.24) is 10.3 Å². The molecule has 0 spiro atoms. The molecule has 23 heavy (non-hydrogen) atoms. The SMILES string of the molecule is O=C(C#Cc1ccncc1)NCCNc1ccccc1[N+](=O)[O-]. The number of nitro groups is 1. The van der Waals surface area contributed by atoms with Gasteiger partial charge in [0.15, 0.2) is 0 Å². The average Bonchev–Trinajstić information content (AvgIpc) is 2.58. The van der Waals surface area contributed by atoms with Crippen LogP contribution >= 0.6 is 0 Å². The highest BCUT2D eigenvalue weighted by Crippen LogP contribution is 2.22. The Morgan fingerprint density at radius 1 is 1.17 bits per heavy atom. The number of aromatic nitrogens is 1. The molecular weight excluding hydrogens is 296 g/mol. The molecule has 2 aromatic rings. The Balaban J connectivity index is 1.79. The standard InChI is InChI=1S/C16H14N4O3/c21-16(6-5-13-7-9-17-10-8-13)19-12-11-18-14-3-1-2-4-15(14)20(22)23/h1-4,7-10,18H,11-12H2,(H,19,21). The van der Waals surface area contributed by atoms with Crippen LogP contribution in [0.25, 0.3) is 0 Å². The molecule has 0 saturated heterocycles. The van der Waals surface area contributed by atoms with Crippen molar-refractivity contribution in [2.75, 3.05) is 18.4 Å². The number of hydrogen-bond acceptors (Lipinski definition) is 5. The number of nitrogens with one attached hydrogen (secondary N) is 2. The molecule has 1 aromatic carbocycles. The van der Waals surface area contributed by atoms with Crippen LogP contribution in [-0.2, 0) is 4.79 Å². The maximum absolute atomic E-state index is 11.6. The molecule has 0 radical (unpaired) electrons. The molecule has 7 heteroatoms. The van der Waals surface area contributed by atoms with Gasteiger partial charge in [0.2, 0.25) is 0 Å². The van der Waals surface area contributed by atoms with Crippen molar-refractivity contribution in [3.63, 3.8) is 0 Å². The second-order valence-electron chi connectivity index (χ2n) is 4.44. The van der Waals surface area contributed by atoms with Gasteiger partial charge in [-0.3, -0.25) is 19.9 Å². The minimum Gasteiger partial charge on any atom is -0.378 e. The summed E-state index contributed by atoms with van der Waals surface area (Å²) in [7, 11) is 0. The molecular formula is C16H14N4O3. The van der Waals surface area contributed by atoms with Gasteiger partial charge in [-0.2, -0.15) is 0 Å². The topological polar surface area (TPSA) is 97.2 Å². The summed E-state index contributed by atoms with van der Waals surface area (Å²) in [4.78, 5) is 25.8. The predicted octanol–water partition coefficient (Wildman–Crippen LogP) is 1.57. The Hall–Kier alpha value is -3.40. The molecule has 0 atom stereocenters. The van der Waals surface area contributed by atoms with Gasteiger partial charge in [-0.25, -0.2) is 0 Å². The Bertz CT molecular complexity index is 751. The van der Waals surface area contributed by atoms with Gasteiger partial charge in [0.25, 0.3) is 11.6 Å². The van der Waals surface area contributed by atoms with Gasteiger partial charge >= 0.3 is 0 Å². The van der Waals surface area contributed by atoms with E-state index in [1.165, 1.54) is 6.07 Å². The van der Waals surface area contributed by atoms with E-state index in [1.807, 2.05) is 0 Å². The molecule has 0 saturated carbocycles. The van der Waals surface area contributed by atoms with Crippen LogP contribution in [-0.4, -0.2) is 28.9 Å². The van der Waals surface area contributed by atoms with Crippen LogP contribution in [0, 0.1) is 22.0 Å². The Morgan fingerprint density at radius 2 is 1.91 bits per heavy atom. The second-order valence-corrected chi connectivity index (χ2v) is 4.44. The van der Waals surface area contributed by atoms with Gasteiger partial charge in [-0.15, -0.1) is 0 Å². The molecule has 2 N–H and O–H groups in total. The zero-order valence-electron chi connectivity index (χ0n) is 12.2. The van der Waals surface area contributed by atoms with Crippen molar-refractivity contribution < 1.29 is 9.72 Å². The molecule has 0 bridgehead atoms. The largest absolute Gasteiger partial charge is 0.378 e. The first-order valence-corrected chi connectivity index (χ1v) is 6.84. The molecule has 1 amide bonds. The zero-order valence-corrected chi connectivity index (χ0v) is 12.2. The van der Waals surface area contributed by atoms with E-state index < -0.39 is 10.8 Å². The first kappa shape index (κ1) is 16.0. The quantitative estimate of drug-likeness (QED) is 0.378. The molecule has 0 fully saturated rings. The molecule has 2 rings (SSSR count). The monoisotopic (exact) mass is 310 g/mol. The Labute approximate surface area is 132 Å². The predicted molar refractivity (Wildman–Crippen MR) is 85.7 cm³/mol. The lowest BCUT2D eigenvalue weighted by Gasteiger charge is -2.06. The summed E-state index contributed by atoms with van der Waals surface area (Å²) in [6.45, 7) is 0.656. The molecule has 1 heterocycles. The van der Waals surface area contributed by atoms with E-state index in [0.29, 0.717) is 24.3 Å². The molecule has 1 aromatic heterocycles. The highest BCUT2D eigenvalue weighted by atomic mass is 16.6. The van der Waals surface area contributed by atoms with Gasteiger partial charge in [0.05, 0.1) is 4.92 Å². The first-order valence-electron chi connectivity index (χ1n) is 6.84. The van der Waals surface area contributed by atoms with E-state index in [2.05, 4.69) is 27.5 Å². The van der Waals surface area contributed by atoms with Crippen molar-refractivity contribution in [3.05, 3.63) is 64.5 Å². The third-order valence-electron chi connectivity index (χ3n) is 2.83. The normalized spacial score (nSPS) is 9.39. The number of para-hydroxylation sites is 2. The number of nitro benzene ring substituents is 1. The second kappa shape index (κ2) is 8.14. The summed E-state index contributed by atoms with van der Waals surface area (Å²) in [6.07, 6.45) is 3.19. The van der Waals surface area contributed by atoms with E-state index in [9.17, 15) is 14.9 Å². The van der Waals surface area contributed by atoms with Crippen LogP contribution in [0.15, 0.2) is 48.8 Å². The fourth-order valence-electron chi connectivity index (χ4n) is 1.76. The number of rotatable bonds is 5. The Kier molecular flexibility index (Phi) is 5.66. The van der Waals surface area contributed by atoms with Crippen LogP contribution in [0.3, 0.4) is 0 Å². The van der Waals surface area contributed by atoms with Crippen molar-refractivity contribution in [2.24, 2.45) is 0 Å². The number of amides is 1. The van der Waals surface area contributed by atoms with Crippen LogP contribution < -0.4 is 10.6 Å². The summed E-state index contributed by atoms with van der Waals surface area (Å²) < 4.78 is 0. The maximum atomic E-state index is 11.6. The van der Waals surface area contributed by atoms with Crippen molar-refractivity contribution in [1.29, 1.82) is 0 Å². The van der Waals surface area contributed by atoms with Gasteiger partial charge < -0.3 is 10.6 Å². The Morgan fingerprint density at radius 3 is 2.65 bits per heavy atom. The lowest BCUT2D eigenvalue weighted by molar-refractivity contribution is -0.384. The van der Waals surface area contributed by atoms with Crippen LogP contribution in [0.5, 0.6) is 0 Å². The summed E-state index contributed by atoms with van der Waals surface area (Å²) in [5, 5.41) is 16.4. The number of carbonyl (C=O) groups excluding carboxylic acids is 1. The number of anilines is 1. The lowest BCUT2D eigenvalue weighted by atomic mass is 10.2. The maximum Gasteiger partial charge on any atom is 0.296 e. The summed E-state index contributed by atoms with van der Waals surface area (Å²) in [6, 6.07) is 9.74. The minimum absolute atomic E-state index is 0.00342. The van der Waals surface area contributed by atoms with E-state index in [0.717, 1.165) is 0 Å².